The predicted octanol–water partition coefficient (Wildman–Crippen LogP) is 11.9. The second kappa shape index (κ2) is 10.4. The van der Waals surface area contributed by atoms with Gasteiger partial charge in [0.1, 0.15) is 0 Å². The summed E-state index contributed by atoms with van der Waals surface area (Å²) in [5.74, 6) is 2.97. The molecule has 5 aliphatic rings. The minimum absolute atomic E-state index is 0.0661. The van der Waals surface area contributed by atoms with Crippen molar-refractivity contribution in [1.29, 1.82) is 0 Å². The maximum atomic E-state index is 6.70. The molecule has 11 rings (SSSR count). The first kappa shape index (κ1) is 32.1. The van der Waals surface area contributed by atoms with E-state index in [0.717, 1.165) is 35.1 Å². The van der Waals surface area contributed by atoms with Gasteiger partial charge in [-0.1, -0.05) is 102 Å². The van der Waals surface area contributed by atoms with Crippen LogP contribution in [0.5, 0.6) is 23.0 Å². The average Bonchev–Trinajstić information content (AvgIpc) is 3.15. The molecule has 4 heterocycles. The fraction of sp³-hybridized carbons (Fsp3) is 0.265. The van der Waals surface area contributed by atoms with Crippen LogP contribution in [0.2, 0.25) is 0 Å². The Balaban J connectivity index is 1.26. The molecule has 266 valence electrons. The molecule has 0 saturated carbocycles. The number of nitrogens with zero attached hydrogens (tertiary/aromatic N) is 2. The highest BCUT2D eigenvalue weighted by Crippen LogP contribution is 2.58. The minimum atomic E-state index is -0.163. The summed E-state index contributed by atoms with van der Waals surface area (Å²) in [4.78, 5) is 5.21. The van der Waals surface area contributed by atoms with Crippen LogP contribution in [0.15, 0.2) is 103 Å². The maximum Gasteiger partial charge on any atom is 0.333 e. The minimum Gasteiger partial charge on any atom is -0.450 e. The second-order valence-electron chi connectivity index (χ2n) is 18.2. The number of rotatable bonds is 1. The topological polar surface area (TPSA) is 24.9 Å². The molecule has 6 aromatic carbocycles. The van der Waals surface area contributed by atoms with E-state index in [1.54, 1.807) is 0 Å². The Kier molecular flexibility index (Phi) is 6.18. The maximum absolute atomic E-state index is 6.70. The zero-order chi connectivity index (χ0) is 37.1. The predicted molar refractivity (Wildman–Crippen MR) is 224 cm³/mol. The van der Waals surface area contributed by atoms with Gasteiger partial charge >= 0.3 is 6.85 Å². The first-order valence-electron chi connectivity index (χ1n) is 19.6. The fourth-order valence-electron chi connectivity index (χ4n) is 10.5. The Labute approximate surface area is 319 Å². The number of hydrogen-bond acceptors (Lipinski definition) is 4. The van der Waals surface area contributed by atoms with Crippen molar-refractivity contribution in [3.63, 3.8) is 0 Å². The molecule has 0 fully saturated rings. The summed E-state index contributed by atoms with van der Waals surface area (Å²) >= 11 is 0. The van der Waals surface area contributed by atoms with Crippen LogP contribution in [0.3, 0.4) is 0 Å². The molecule has 0 bridgehead atoms. The zero-order valence-corrected chi connectivity index (χ0v) is 32.5. The summed E-state index contributed by atoms with van der Waals surface area (Å²) in [5, 5.41) is 0. The summed E-state index contributed by atoms with van der Waals surface area (Å²) in [5.41, 5.74) is 19.5. The Morgan fingerprint density at radius 1 is 0.537 bits per heavy atom. The van der Waals surface area contributed by atoms with Gasteiger partial charge in [0.25, 0.3) is 0 Å². The summed E-state index contributed by atoms with van der Waals surface area (Å²) in [6.07, 6.45) is 2.35. The van der Waals surface area contributed by atoms with Crippen LogP contribution < -0.4 is 30.1 Å². The van der Waals surface area contributed by atoms with Crippen molar-refractivity contribution in [2.45, 2.75) is 84.5 Å². The van der Waals surface area contributed by atoms with Crippen LogP contribution in [0.4, 0.5) is 28.4 Å². The molecule has 54 heavy (non-hydrogen) atoms. The fourth-order valence-corrected chi connectivity index (χ4v) is 10.5. The molecule has 0 unspecified atom stereocenters. The van der Waals surface area contributed by atoms with Crippen molar-refractivity contribution in [2.75, 3.05) is 9.71 Å². The molecule has 4 nitrogen and oxygen atoms in total. The van der Waals surface area contributed by atoms with E-state index in [1.807, 2.05) is 24.3 Å². The number of aryl methyl sites for hydroxylation is 2. The molecular formula is C49H45BN2O2. The van der Waals surface area contributed by atoms with Gasteiger partial charge in [0.2, 0.25) is 0 Å². The van der Waals surface area contributed by atoms with Crippen molar-refractivity contribution in [3.05, 3.63) is 137 Å². The van der Waals surface area contributed by atoms with E-state index in [2.05, 4.69) is 144 Å². The lowest BCUT2D eigenvalue weighted by molar-refractivity contribution is 0.332. The van der Waals surface area contributed by atoms with Crippen LogP contribution in [0.25, 0.3) is 11.1 Å². The van der Waals surface area contributed by atoms with Gasteiger partial charge in [0.05, 0.1) is 0 Å². The van der Waals surface area contributed by atoms with Gasteiger partial charge in [-0.15, -0.1) is 0 Å². The quantitative estimate of drug-likeness (QED) is 0.159. The summed E-state index contributed by atoms with van der Waals surface area (Å²) in [7, 11) is 0. The Bertz CT molecular complexity index is 2650. The second-order valence-corrected chi connectivity index (χ2v) is 18.2. The largest absolute Gasteiger partial charge is 0.450 e. The summed E-state index contributed by atoms with van der Waals surface area (Å²) in [6, 6.07) is 38.4. The Morgan fingerprint density at radius 2 is 1.19 bits per heavy atom. The number of anilines is 5. The third kappa shape index (κ3) is 4.10. The van der Waals surface area contributed by atoms with Crippen LogP contribution in [-0.4, -0.2) is 6.85 Å². The van der Waals surface area contributed by atoms with Crippen LogP contribution in [0.1, 0.15) is 87.8 Å². The van der Waals surface area contributed by atoms with E-state index in [1.165, 1.54) is 84.6 Å². The van der Waals surface area contributed by atoms with Gasteiger partial charge in [-0.05, 0) is 124 Å². The smallest absolute Gasteiger partial charge is 0.333 e. The molecule has 0 saturated heterocycles. The lowest BCUT2D eigenvalue weighted by Crippen LogP contribution is -2.63. The lowest BCUT2D eigenvalue weighted by Gasteiger charge is -2.51. The molecule has 0 aromatic heterocycles. The van der Waals surface area contributed by atoms with E-state index in [9.17, 15) is 0 Å². The molecule has 1 aliphatic carbocycles. The van der Waals surface area contributed by atoms with Gasteiger partial charge in [-0.3, -0.25) is 0 Å². The third-order valence-electron chi connectivity index (χ3n) is 13.5. The van der Waals surface area contributed by atoms with Crippen molar-refractivity contribution in [2.24, 2.45) is 0 Å². The van der Waals surface area contributed by atoms with E-state index < -0.39 is 0 Å². The summed E-state index contributed by atoms with van der Waals surface area (Å²) in [6.45, 7) is 18.9. The highest BCUT2D eigenvalue weighted by molar-refractivity contribution is 6.93. The molecule has 6 aromatic rings. The van der Waals surface area contributed by atoms with Crippen molar-refractivity contribution in [1.82, 2.24) is 0 Å². The Hall–Kier alpha value is -5.42. The molecular weight excluding hydrogens is 659 g/mol. The monoisotopic (exact) mass is 704 g/mol. The third-order valence-corrected chi connectivity index (χ3v) is 13.5. The van der Waals surface area contributed by atoms with E-state index in [0.29, 0.717) is 0 Å². The molecule has 0 N–H and O–H groups in total. The highest BCUT2D eigenvalue weighted by Gasteiger charge is 2.51. The number of para-hydroxylation sites is 4. The van der Waals surface area contributed by atoms with Crippen molar-refractivity contribution in [3.8, 4) is 34.1 Å². The molecule has 5 heteroatoms. The standard InChI is InChI=1S/C49H45BN2O2/c1-28-22-31-30-14-13-16-33-46(30)52(37-17-10-9-15-32(37)49(33,7)8)50-36-26-43-44(54-42-19-12-11-18-41(42)53-43)27-39(36)51(40(23-28)45(31)50)38-25-35-34(24-29(38)2)47(3,4)20-21-48(35,5)6/h9-19,22-27H,20-21H2,1-8H3. The average molecular weight is 705 g/mol. The molecule has 4 aliphatic heterocycles. The van der Waals surface area contributed by atoms with Gasteiger partial charge in [0, 0.05) is 45.5 Å². The number of ether oxygens (including phenoxy) is 2. The van der Waals surface area contributed by atoms with Crippen molar-refractivity contribution < 1.29 is 9.47 Å². The molecule has 0 atom stereocenters. The lowest BCUT2D eigenvalue weighted by atomic mass is 9.42. The number of fused-ring (bicyclic) bond motifs is 9. The number of benzene rings is 6. The molecule has 0 radical (unpaired) electrons. The number of hydrogen-bond donors (Lipinski definition) is 0. The van der Waals surface area contributed by atoms with Crippen molar-refractivity contribution >= 4 is 46.2 Å². The highest BCUT2D eigenvalue weighted by atomic mass is 16.6. The molecule has 0 spiro atoms. The summed E-state index contributed by atoms with van der Waals surface area (Å²) < 4.78 is 13.4. The normalized spacial score (nSPS) is 18.1. The van der Waals surface area contributed by atoms with E-state index in [4.69, 9.17) is 9.47 Å². The molecule has 0 amide bonds. The zero-order valence-electron chi connectivity index (χ0n) is 32.5. The van der Waals surface area contributed by atoms with Gasteiger partial charge in [0.15, 0.2) is 23.0 Å². The Morgan fingerprint density at radius 3 is 1.93 bits per heavy atom. The van der Waals surface area contributed by atoms with Crippen LogP contribution in [0, 0.1) is 13.8 Å². The van der Waals surface area contributed by atoms with Gasteiger partial charge in [-0.25, -0.2) is 0 Å². The van der Waals surface area contributed by atoms with E-state index in [-0.39, 0.29) is 23.1 Å². The van der Waals surface area contributed by atoms with Crippen LogP contribution >= 0.6 is 0 Å². The van der Waals surface area contributed by atoms with Crippen LogP contribution in [-0.2, 0) is 16.2 Å². The first-order valence-corrected chi connectivity index (χ1v) is 19.6. The van der Waals surface area contributed by atoms with E-state index >= 15 is 0 Å². The van der Waals surface area contributed by atoms with Gasteiger partial charge in [-0.2, -0.15) is 0 Å². The first-order chi connectivity index (χ1) is 25.8. The van der Waals surface area contributed by atoms with Gasteiger partial charge < -0.3 is 19.2 Å². The SMILES string of the molecule is Cc1cc2c3c(c1)N(c1cc4c(cc1C)C(C)(C)CCC4(C)C)c1cc4c(cc1B3N1c3ccccc3C(C)(C)c3cccc-2c31)Oc1ccccc1O4.